The van der Waals surface area contributed by atoms with Crippen LogP contribution in [0, 0.1) is 0 Å². The van der Waals surface area contributed by atoms with E-state index in [-0.39, 0.29) is 11.6 Å². The third-order valence-electron chi connectivity index (χ3n) is 2.19. The van der Waals surface area contributed by atoms with Crippen molar-refractivity contribution in [2.75, 3.05) is 6.54 Å². The van der Waals surface area contributed by atoms with Gasteiger partial charge in [-0.1, -0.05) is 13.3 Å². The molecule has 1 rings (SSSR count). The van der Waals surface area contributed by atoms with Gasteiger partial charge in [0.15, 0.2) is 5.03 Å². The van der Waals surface area contributed by atoms with Gasteiger partial charge in [-0.15, -0.1) is 0 Å². The largest absolute Gasteiger partial charge is 0.389 e. The Bertz CT molecular complexity index is 411. The number of hydrogen-bond donors (Lipinski definition) is 3. The molecule has 1 heterocycles. The molecule has 7 heteroatoms. The van der Waals surface area contributed by atoms with Crippen LogP contribution in [0.15, 0.2) is 17.6 Å². The van der Waals surface area contributed by atoms with E-state index >= 15 is 0 Å². The van der Waals surface area contributed by atoms with Gasteiger partial charge >= 0.3 is 0 Å². The lowest BCUT2D eigenvalue weighted by Crippen LogP contribution is -2.40. The molecule has 0 radical (unpaired) electrons. The minimum Gasteiger partial charge on any atom is -0.389 e. The molecule has 0 aliphatic heterocycles. The van der Waals surface area contributed by atoms with Crippen molar-refractivity contribution in [2.45, 2.75) is 37.3 Å². The smallest absolute Gasteiger partial charge is 0.257 e. The van der Waals surface area contributed by atoms with E-state index in [9.17, 15) is 13.5 Å². The van der Waals surface area contributed by atoms with Gasteiger partial charge in [0, 0.05) is 6.54 Å². The zero-order valence-corrected chi connectivity index (χ0v) is 10.2. The molecule has 0 fully saturated rings. The van der Waals surface area contributed by atoms with Crippen molar-refractivity contribution in [2.24, 2.45) is 0 Å². The first-order valence-corrected chi connectivity index (χ1v) is 6.56. The molecule has 0 aliphatic carbocycles. The normalized spacial score (nSPS) is 15.9. The number of imidazole rings is 1. The summed E-state index contributed by atoms with van der Waals surface area (Å²) < 4.78 is 25.6. The second kappa shape index (κ2) is 4.94. The zero-order chi connectivity index (χ0) is 12.2. The fourth-order valence-electron chi connectivity index (χ4n) is 1.35. The number of aromatic amines is 1. The number of sulfonamides is 1. The number of aliphatic hydroxyl groups is 1. The van der Waals surface area contributed by atoms with Crippen LogP contribution in [0.25, 0.3) is 0 Å². The van der Waals surface area contributed by atoms with Crippen molar-refractivity contribution in [3.05, 3.63) is 12.5 Å². The van der Waals surface area contributed by atoms with E-state index in [1.165, 1.54) is 12.5 Å². The number of H-pyrrole nitrogens is 1. The SMILES string of the molecule is CCCC(C)(O)CNS(=O)(=O)c1cnc[nH]1. The Labute approximate surface area is 95.2 Å². The molecule has 0 saturated carbocycles. The first kappa shape index (κ1) is 13.1. The topological polar surface area (TPSA) is 95.1 Å². The van der Waals surface area contributed by atoms with Crippen LogP contribution in [0.2, 0.25) is 0 Å². The van der Waals surface area contributed by atoms with Gasteiger partial charge in [0.25, 0.3) is 10.0 Å². The third kappa shape index (κ3) is 3.58. The predicted octanol–water partition coefficient (Wildman–Crippen LogP) is 0.239. The van der Waals surface area contributed by atoms with Gasteiger partial charge in [0.1, 0.15) is 0 Å². The zero-order valence-electron chi connectivity index (χ0n) is 9.40. The van der Waals surface area contributed by atoms with Crippen molar-refractivity contribution >= 4 is 10.0 Å². The maximum Gasteiger partial charge on any atom is 0.257 e. The highest BCUT2D eigenvalue weighted by Gasteiger charge is 2.23. The second-order valence-electron chi connectivity index (χ2n) is 3.99. The molecule has 0 saturated heterocycles. The summed E-state index contributed by atoms with van der Waals surface area (Å²) in [4.78, 5) is 6.13. The molecule has 1 aromatic rings. The molecule has 1 atom stereocenters. The standard InChI is InChI=1S/C9H17N3O3S/c1-3-4-9(2,13)6-12-16(14,15)8-5-10-7-11-8/h5,7,12-13H,3-4,6H2,1-2H3,(H,10,11). The average molecular weight is 247 g/mol. The van der Waals surface area contributed by atoms with E-state index in [1.807, 2.05) is 6.92 Å². The lowest BCUT2D eigenvalue weighted by Gasteiger charge is -2.22. The summed E-state index contributed by atoms with van der Waals surface area (Å²) in [6.45, 7) is 3.52. The molecule has 1 aromatic heterocycles. The van der Waals surface area contributed by atoms with E-state index < -0.39 is 15.6 Å². The fourth-order valence-corrected chi connectivity index (χ4v) is 2.41. The Morgan fingerprint density at radius 2 is 2.31 bits per heavy atom. The lowest BCUT2D eigenvalue weighted by atomic mass is 10.0. The van der Waals surface area contributed by atoms with Crippen LogP contribution in [-0.2, 0) is 10.0 Å². The molecule has 0 spiro atoms. The van der Waals surface area contributed by atoms with E-state index in [0.29, 0.717) is 6.42 Å². The van der Waals surface area contributed by atoms with Crippen LogP contribution in [0.4, 0.5) is 0 Å². The Balaban J connectivity index is 2.62. The summed E-state index contributed by atoms with van der Waals surface area (Å²) in [5.74, 6) is 0. The number of nitrogens with one attached hydrogen (secondary N) is 2. The molecule has 16 heavy (non-hydrogen) atoms. The predicted molar refractivity (Wildman–Crippen MR) is 59.3 cm³/mol. The molecule has 92 valence electrons. The highest BCUT2D eigenvalue weighted by Crippen LogP contribution is 2.11. The number of rotatable bonds is 6. The quantitative estimate of drug-likeness (QED) is 0.671. The van der Waals surface area contributed by atoms with E-state index in [0.717, 1.165) is 6.42 Å². The van der Waals surface area contributed by atoms with Gasteiger partial charge in [-0.3, -0.25) is 0 Å². The van der Waals surface area contributed by atoms with Crippen LogP contribution >= 0.6 is 0 Å². The van der Waals surface area contributed by atoms with Gasteiger partial charge in [0.05, 0.1) is 18.1 Å². The Morgan fingerprint density at radius 3 is 2.81 bits per heavy atom. The molecule has 0 bridgehead atoms. The molecule has 1 unspecified atom stereocenters. The first-order valence-electron chi connectivity index (χ1n) is 5.08. The molecular formula is C9H17N3O3S. The van der Waals surface area contributed by atoms with Crippen molar-refractivity contribution in [1.29, 1.82) is 0 Å². The molecular weight excluding hydrogens is 230 g/mol. The maximum absolute atomic E-state index is 11.7. The van der Waals surface area contributed by atoms with Crippen LogP contribution < -0.4 is 4.72 Å². The number of hydrogen-bond acceptors (Lipinski definition) is 4. The fraction of sp³-hybridized carbons (Fsp3) is 0.667. The van der Waals surface area contributed by atoms with Gasteiger partial charge < -0.3 is 10.1 Å². The Kier molecular flexibility index (Phi) is 4.06. The Hall–Kier alpha value is -0.920. The summed E-state index contributed by atoms with van der Waals surface area (Å²) in [7, 11) is -3.60. The highest BCUT2D eigenvalue weighted by atomic mass is 32.2. The van der Waals surface area contributed by atoms with Crippen molar-refractivity contribution in [3.8, 4) is 0 Å². The van der Waals surface area contributed by atoms with E-state index in [2.05, 4.69) is 14.7 Å². The summed E-state index contributed by atoms with van der Waals surface area (Å²) in [5, 5.41) is 9.82. The van der Waals surface area contributed by atoms with Crippen molar-refractivity contribution < 1.29 is 13.5 Å². The van der Waals surface area contributed by atoms with Gasteiger partial charge in [-0.2, -0.15) is 0 Å². The Morgan fingerprint density at radius 1 is 1.62 bits per heavy atom. The van der Waals surface area contributed by atoms with Gasteiger partial charge in [0.2, 0.25) is 0 Å². The minimum absolute atomic E-state index is 0.000187. The van der Waals surface area contributed by atoms with Crippen molar-refractivity contribution in [1.82, 2.24) is 14.7 Å². The molecule has 0 aromatic carbocycles. The molecule has 6 nitrogen and oxygen atoms in total. The van der Waals surface area contributed by atoms with Crippen LogP contribution in [-0.4, -0.2) is 35.6 Å². The van der Waals surface area contributed by atoms with Crippen LogP contribution in [0.5, 0.6) is 0 Å². The van der Waals surface area contributed by atoms with Crippen LogP contribution in [0.3, 0.4) is 0 Å². The summed E-state index contributed by atoms with van der Waals surface area (Å²) in [6, 6.07) is 0. The van der Waals surface area contributed by atoms with Crippen LogP contribution in [0.1, 0.15) is 26.7 Å². The molecule has 0 aliphatic rings. The first-order chi connectivity index (χ1) is 7.37. The molecule has 0 amide bonds. The average Bonchev–Trinajstić information content (AvgIpc) is 2.68. The summed E-state index contributed by atoms with van der Waals surface area (Å²) in [5.41, 5.74) is -1.03. The number of nitrogens with zero attached hydrogens (tertiary/aromatic N) is 1. The lowest BCUT2D eigenvalue weighted by molar-refractivity contribution is 0.0554. The van der Waals surface area contributed by atoms with Gasteiger partial charge in [-0.25, -0.2) is 18.1 Å². The minimum atomic E-state index is -3.60. The van der Waals surface area contributed by atoms with E-state index in [4.69, 9.17) is 0 Å². The highest BCUT2D eigenvalue weighted by molar-refractivity contribution is 7.89. The van der Waals surface area contributed by atoms with E-state index in [1.54, 1.807) is 6.92 Å². The third-order valence-corrected chi connectivity index (χ3v) is 3.52. The maximum atomic E-state index is 11.7. The second-order valence-corrected chi connectivity index (χ2v) is 5.72. The molecule has 3 N–H and O–H groups in total. The number of aromatic nitrogens is 2. The summed E-state index contributed by atoms with van der Waals surface area (Å²) in [6.07, 6.45) is 3.84. The van der Waals surface area contributed by atoms with Gasteiger partial charge in [-0.05, 0) is 13.3 Å². The van der Waals surface area contributed by atoms with Crippen molar-refractivity contribution in [3.63, 3.8) is 0 Å². The monoisotopic (exact) mass is 247 g/mol. The summed E-state index contributed by atoms with van der Waals surface area (Å²) >= 11 is 0.